The van der Waals surface area contributed by atoms with Gasteiger partial charge in [-0.1, -0.05) is 24.3 Å². The number of benzene rings is 1. The smallest absolute Gasteiger partial charge is 0.257 e. The number of nitrogens with zero attached hydrogens (tertiary/aromatic N) is 3. The molecule has 0 radical (unpaired) electrons. The molecule has 0 spiro atoms. The third-order valence-corrected chi connectivity index (χ3v) is 7.22. The number of hydrazone groups is 1. The van der Waals surface area contributed by atoms with Crippen molar-refractivity contribution in [2.75, 3.05) is 26.7 Å². The number of fused-ring (bicyclic) bond motifs is 1. The fraction of sp³-hybridized carbons (Fsp3) is 0.304. The first-order valence-corrected chi connectivity index (χ1v) is 12.0. The monoisotopic (exact) mass is 453 g/mol. The second kappa shape index (κ2) is 8.82. The molecule has 0 bridgehead atoms. The molecule has 160 valence electrons. The Bertz CT molecular complexity index is 1070. The maximum atomic E-state index is 13.2. The minimum absolute atomic E-state index is 0.00964. The van der Waals surface area contributed by atoms with E-state index in [1.165, 1.54) is 0 Å². The van der Waals surface area contributed by atoms with Gasteiger partial charge in [-0.3, -0.25) is 9.69 Å². The largest absolute Gasteiger partial charge is 0.486 e. The van der Waals surface area contributed by atoms with E-state index in [1.54, 1.807) is 27.7 Å². The fourth-order valence-electron chi connectivity index (χ4n) is 3.90. The van der Waals surface area contributed by atoms with E-state index in [0.717, 1.165) is 33.4 Å². The predicted molar refractivity (Wildman–Crippen MR) is 123 cm³/mol. The van der Waals surface area contributed by atoms with Crippen molar-refractivity contribution in [3.8, 4) is 11.5 Å². The van der Waals surface area contributed by atoms with Crippen LogP contribution in [-0.2, 0) is 4.79 Å². The van der Waals surface area contributed by atoms with Crippen LogP contribution in [0.4, 0.5) is 0 Å². The normalized spacial score (nSPS) is 20.2. The Morgan fingerprint density at radius 2 is 1.94 bits per heavy atom. The summed E-state index contributed by atoms with van der Waals surface area (Å²) in [5.41, 5.74) is 0.977. The van der Waals surface area contributed by atoms with Crippen LogP contribution < -0.4 is 9.47 Å². The first-order valence-electron chi connectivity index (χ1n) is 10.2. The van der Waals surface area contributed by atoms with Crippen molar-refractivity contribution in [1.29, 1.82) is 0 Å². The molecule has 0 saturated heterocycles. The number of amides is 1. The maximum Gasteiger partial charge on any atom is 0.257 e. The van der Waals surface area contributed by atoms with Crippen LogP contribution in [0.25, 0.3) is 0 Å². The Kier molecular flexibility index (Phi) is 5.76. The van der Waals surface area contributed by atoms with Crippen LogP contribution in [-0.4, -0.2) is 54.4 Å². The Morgan fingerprint density at radius 1 is 1.13 bits per heavy atom. The number of carbonyl (C=O) groups excluding carboxylic acids is 1. The van der Waals surface area contributed by atoms with Crippen molar-refractivity contribution in [1.82, 2.24) is 9.91 Å². The average Bonchev–Trinajstić information content (AvgIpc) is 3.54. The molecule has 2 unspecified atom stereocenters. The number of thiophene rings is 2. The highest BCUT2D eigenvalue weighted by Crippen LogP contribution is 2.36. The minimum atomic E-state index is -0.121. The summed E-state index contributed by atoms with van der Waals surface area (Å²) in [4.78, 5) is 17.5. The molecule has 31 heavy (non-hydrogen) atoms. The molecule has 5 rings (SSSR count). The number of ether oxygens (including phenoxy) is 2. The van der Waals surface area contributed by atoms with Gasteiger partial charge >= 0.3 is 0 Å². The van der Waals surface area contributed by atoms with E-state index >= 15 is 0 Å². The van der Waals surface area contributed by atoms with Crippen LogP contribution in [0.3, 0.4) is 0 Å². The molecule has 2 aliphatic rings. The van der Waals surface area contributed by atoms with Gasteiger partial charge in [0.05, 0.1) is 23.2 Å². The predicted octanol–water partition coefficient (Wildman–Crippen LogP) is 4.26. The molecule has 8 heteroatoms. The number of hydrogen-bond acceptors (Lipinski definition) is 7. The van der Waals surface area contributed by atoms with E-state index in [2.05, 4.69) is 12.1 Å². The molecular formula is C23H23N3O3S2. The second-order valence-corrected chi connectivity index (χ2v) is 9.62. The van der Waals surface area contributed by atoms with Gasteiger partial charge in [0, 0.05) is 17.8 Å². The Morgan fingerprint density at radius 3 is 2.71 bits per heavy atom. The molecule has 4 heterocycles. The molecule has 2 atom stereocenters. The lowest BCUT2D eigenvalue weighted by molar-refractivity contribution is -0.134. The molecule has 0 aliphatic carbocycles. The van der Waals surface area contributed by atoms with E-state index in [1.807, 2.05) is 59.1 Å². The molecule has 1 amide bonds. The summed E-state index contributed by atoms with van der Waals surface area (Å²) in [7, 11) is 1.93. The van der Waals surface area contributed by atoms with Gasteiger partial charge in [0.25, 0.3) is 5.91 Å². The molecule has 0 N–H and O–H groups in total. The topological polar surface area (TPSA) is 54.4 Å². The molecule has 2 aromatic heterocycles. The number of hydrogen-bond donors (Lipinski definition) is 0. The molecule has 3 aromatic rings. The molecule has 2 aliphatic heterocycles. The van der Waals surface area contributed by atoms with Crippen LogP contribution in [0.2, 0.25) is 0 Å². The summed E-state index contributed by atoms with van der Waals surface area (Å²) in [5, 5.41) is 10.5. The van der Waals surface area contributed by atoms with Crippen LogP contribution >= 0.6 is 22.7 Å². The number of carbonyl (C=O) groups is 1. The lowest BCUT2D eigenvalue weighted by Gasteiger charge is -2.30. The van der Waals surface area contributed by atoms with Gasteiger partial charge in [-0.15, -0.1) is 22.7 Å². The Labute approximate surface area is 189 Å². The summed E-state index contributed by atoms with van der Waals surface area (Å²) >= 11 is 3.33. The van der Waals surface area contributed by atoms with E-state index < -0.39 is 0 Å². The van der Waals surface area contributed by atoms with Crippen molar-refractivity contribution >= 4 is 34.3 Å². The van der Waals surface area contributed by atoms with Gasteiger partial charge in [0.1, 0.15) is 12.7 Å². The quantitative estimate of drug-likeness (QED) is 0.560. The summed E-state index contributed by atoms with van der Waals surface area (Å²) < 4.78 is 11.8. The average molecular weight is 454 g/mol. The van der Waals surface area contributed by atoms with Crippen molar-refractivity contribution in [2.45, 2.75) is 18.6 Å². The molecule has 6 nitrogen and oxygen atoms in total. The van der Waals surface area contributed by atoms with E-state index in [0.29, 0.717) is 13.2 Å². The van der Waals surface area contributed by atoms with E-state index in [-0.39, 0.29) is 24.6 Å². The lowest BCUT2D eigenvalue weighted by atomic mass is 10.1. The van der Waals surface area contributed by atoms with Gasteiger partial charge in [-0.2, -0.15) is 5.10 Å². The van der Waals surface area contributed by atoms with Gasteiger partial charge in [0.2, 0.25) is 0 Å². The summed E-state index contributed by atoms with van der Waals surface area (Å²) in [5.74, 6) is 1.51. The SMILES string of the molecule is CN(CC(=O)N1N=C(c2cccs2)CC1c1cccs1)CC1COc2ccccc2O1. The highest BCUT2D eigenvalue weighted by atomic mass is 32.1. The Balaban J connectivity index is 1.26. The van der Waals surface area contributed by atoms with Gasteiger partial charge < -0.3 is 9.47 Å². The molecular weight excluding hydrogens is 430 g/mol. The molecule has 0 saturated carbocycles. The zero-order valence-corrected chi connectivity index (χ0v) is 18.8. The lowest BCUT2D eigenvalue weighted by Crippen LogP contribution is -2.43. The first kappa shape index (κ1) is 20.2. The summed E-state index contributed by atoms with van der Waals surface area (Å²) in [6.45, 7) is 1.33. The third kappa shape index (κ3) is 4.37. The molecule has 0 fully saturated rings. The first-order chi connectivity index (χ1) is 15.2. The van der Waals surface area contributed by atoms with Crippen molar-refractivity contribution in [3.05, 3.63) is 69.0 Å². The minimum Gasteiger partial charge on any atom is -0.486 e. The highest BCUT2D eigenvalue weighted by Gasteiger charge is 2.34. The fourth-order valence-corrected chi connectivity index (χ4v) is 5.44. The van der Waals surface area contributed by atoms with Crippen LogP contribution in [0, 0.1) is 0 Å². The highest BCUT2D eigenvalue weighted by molar-refractivity contribution is 7.12. The van der Waals surface area contributed by atoms with Gasteiger partial charge in [-0.25, -0.2) is 5.01 Å². The molecule has 1 aromatic carbocycles. The maximum absolute atomic E-state index is 13.2. The standard InChI is InChI=1S/C23H23N3O3S2/c1-25(13-16-15-28-19-6-2-3-7-20(19)29-16)14-23(27)26-18(22-9-5-11-31-22)12-17(24-26)21-8-4-10-30-21/h2-11,16,18H,12-15H2,1H3. The van der Waals surface area contributed by atoms with E-state index in [4.69, 9.17) is 14.6 Å². The summed E-state index contributed by atoms with van der Waals surface area (Å²) in [6, 6.07) is 15.8. The Hall–Kier alpha value is -2.68. The third-order valence-electron chi connectivity index (χ3n) is 5.33. The number of likely N-dealkylation sites (N-methyl/N-ethyl adjacent to an activating group) is 1. The summed E-state index contributed by atoms with van der Waals surface area (Å²) in [6.07, 6.45) is 0.622. The van der Waals surface area contributed by atoms with Crippen molar-refractivity contribution in [2.24, 2.45) is 5.10 Å². The van der Waals surface area contributed by atoms with Crippen LogP contribution in [0.1, 0.15) is 22.2 Å². The van der Waals surface area contributed by atoms with E-state index in [9.17, 15) is 4.79 Å². The van der Waals surface area contributed by atoms with Gasteiger partial charge in [-0.05, 0) is 42.1 Å². The number of para-hydroxylation sites is 2. The zero-order valence-electron chi connectivity index (χ0n) is 17.1. The second-order valence-electron chi connectivity index (χ2n) is 7.69. The van der Waals surface area contributed by atoms with Crippen LogP contribution in [0.5, 0.6) is 11.5 Å². The van der Waals surface area contributed by atoms with Crippen molar-refractivity contribution in [3.63, 3.8) is 0 Å². The van der Waals surface area contributed by atoms with Gasteiger partial charge in [0.15, 0.2) is 11.5 Å². The zero-order chi connectivity index (χ0) is 21.2. The van der Waals surface area contributed by atoms with Crippen LogP contribution in [0.15, 0.2) is 64.4 Å². The number of rotatable bonds is 6. The van der Waals surface area contributed by atoms with Crippen molar-refractivity contribution < 1.29 is 14.3 Å².